The van der Waals surface area contributed by atoms with Crippen LogP contribution >= 0.6 is 0 Å². The van der Waals surface area contributed by atoms with Crippen LogP contribution in [0.15, 0.2) is 73.1 Å². The number of likely N-dealkylation sites (N-methyl/N-ethyl adjacent to an activating group) is 1. The Morgan fingerprint density at radius 3 is 2.35 bits per heavy atom. The molecule has 2 aromatic heterocycles. The molecular formula is C39H44N8O2. The van der Waals surface area contributed by atoms with Crippen molar-refractivity contribution < 1.29 is 9.90 Å². The molecule has 10 heteroatoms. The number of nitrogens with one attached hydrogen (secondary N) is 3. The number of pyridine rings is 1. The van der Waals surface area contributed by atoms with Crippen molar-refractivity contribution in [3.63, 3.8) is 0 Å². The molecule has 7 rings (SSSR count). The van der Waals surface area contributed by atoms with Crippen LogP contribution in [0, 0.1) is 11.8 Å². The third-order valence-corrected chi connectivity index (χ3v) is 9.50. The van der Waals surface area contributed by atoms with Crippen LogP contribution < -0.4 is 16.0 Å². The first-order valence-corrected chi connectivity index (χ1v) is 17.4. The molecule has 49 heavy (non-hydrogen) atoms. The zero-order valence-electron chi connectivity index (χ0n) is 28.0. The average Bonchev–Trinajstić information content (AvgIpc) is 3.95. The standard InChI is InChI=1S/C39H44N8O2/c1-46-20-22-47(23-21-46)26-28-2-7-29(8-3-28)36-25-41-39(45-37(36)42-31-14-16-35(48)17-15-31)44-33-9-4-27(5-10-33)6-11-34-24-30(18-19-40-34)38(49)43-32-12-13-32/h2-5,7-10,18-19,24-25,31-32,35,48H,12-17,20-23,26H2,1H3,(H,43,49)(H2,41,42,44,45). The molecule has 252 valence electrons. The van der Waals surface area contributed by atoms with Gasteiger partial charge in [-0.15, -0.1) is 0 Å². The van der Waals surface area contributed by atoms with Gasteiger partial charge in [-0.05, 0) is 99.0 Å². The maximum Gasteiger partial charge on any atom is 0.251 e. The smallest absolute Gasteiger partial charge is 0.251 e. The second-order valence-corrected chi connectivity index (χ2v) is 13.5. The summed E-state index contributed by atoms with van der Waals surface area (Å²) in [6.45, 7) is 5.35. The normalized spacial score (nSPS) is 19.8. The number of hydrogen-bond donors (Lipinski definition) is 4. The first-order valence-electron chi connectivity index (χ1n) is 17.4. The number of aliphatic hydroxyl groups is 1. The van der Waals surface area contributed by atoms with Crippen molar-refractivity contribution >= 4 is 23.4 Å². The van der Waals surface area contributed by atoms with Gasteiger partial charge in [0.15, 0.2) is 0 Å². The van der Waals surface area contributed by atoms with Gasteiger partial charge >= 0.3 is 0 Å². The van der Waals surface area contributed by atoms with Gasteiger partial charge in [0.2, 0.25) is 5.95 Å². The Labute approximate surface area is 288 Å². The summed E-state index contributed by atoms with van der Waals surface area (Å²) in [5.41, 5.74) is 6.12. The molecule has 1 saturated heterocycles. The maximum atomic E-state index is 12.4. The molecule has 4 aromatic rings. The summed E-state index contributed by atoms with van der Waals surface area (Å²) in [5, 5.41) is 20.1. The zero-order valence-corrected chi connectivity index (χ0v) is 28.0. The molecule has 2 saturated carbocycles. The van der Waals surface area contributed by atoms with Gasteiger partial charge in [0.25, 0.3) is 5.91 Å². The highest BCUT2D eigenvalue weighted by atomic mass is 16.3. The maximum absolute atomic E-state index is 12.4. The summed E-state index contributed by atoms with van der Waals surface area (Å²) in [6.07, 6.45) is 8.74. The van der Waals surface area contributed by atoms with Crippen molar-refractivity contribution in [2.45, 2.75) is 63.3 Å². The Balaban J connectivity index is 1.04. The Morgan fingerprint density at radius 2 is 1.61 bits per heavy atom. The number of piperazine rings is 1. The van der Waals surface area contributed by atoms with Gasteiger partial charge in [-0.2, -0.15) is 4.98 Å². The second-order valence-electron chi connectivity index (χ2n) is 13.5. The lowest BCUT2D eigenvalue weighted by Gasteiger charge is -2.32. The Bertz CT molecular complexity index is 1800. The number of carbonyl (C=O) groups is 1. The molecule has 0 spiro atoms. The number of amides is 1. The van der Waals surface area contributed by atoms with Gasteiger partial charge < -0.3 is 26.0 Å². The lowest BCUT2D eigenvalue weighted by Crippen LogP contribution is -2.43. The Hall–Kier alpha value is -4.82. The number of anilines is 3. The van der Waals surface area contributed by atoms with Crippen molar-refractivity contribution in [3.05, 3.63) is 95.4 Å². The molecule has 4 N–H and O–H groups in total. The number of rotatable bonds is 9. The molecule has 3 aliphatic rings. The van der Waals surface area contributed by atoms with Gasteiger partial charge in [-0.3, -0.25) is 9.69 Å². The summed E-state index contributed by atoms with van der Waals surface area (Å²) in [4.78, 5) is 31.2. The number of nitrogens with zero attached hydrogens (tertiary/aromatic N) is 5. The lowest BCUT2D eigenvalue weighted by atomic mass is 9.93. The summed E-state index contributed by atoms with van der Waals surface area (Å²) >= 11 is 0. The van der Waals surface area contributed by atoms with Gasteiger partial charge in [0, 0.05) is 79.6 Å². The van der Waals surface area contributed by atoms with E-state index in [9.17, 15) is 9.90 Å². The minimum absolute atomic E-state index is 0.0795. The molecule has 10 nitrogen and oxygen atoms in total. The van der Waals surface area contributed by atoms with Crippen LogP contribution in [0.1, 0.15) is 65.7 Å². The van der Waals surface area contributed by atoms with Gasteiger partial charge in [-0.1, -0.05) is 30.2 Å². The zero-order chi connectivity index (χ0) is 33.6. The fourth-order valence-electron chi connectivity index (χ4n) is 6.27. The van der Waals surface area contributed by atoms with E-state index in [2.05, 4.69) is 73.9 Å². The SMILES string of the molecule is CN1CCN(Cc2ccc(-c3cnc(Nc4ccc(C#Cc5cc(C(=O)NC6CC6)ccn5)cc4)nc3NC3CCC(O)CC3)cc2)CC1. The number of aromatic nitrogens is 3. The second kappa shape index (κ2) is 15.2. The highest BCUT2D eigenvalue weighted by molar-refractivity contribution is 5.94. The first kappa shape index (κ1) is 32.7. The summed E-state index contributed by atoms with van der Waals surface area (Å²) in [5.74, 6) is 7.43. The summed E-state index contributed by atoms with van der Waals surface area (Å²) < 4.78 is 0. The summed E-state index contributed by atoms with van der Waals surface area (Å²) in [6, 6.07) is 20.5. The quantitative estimate of drug-likeness (QED) is 0.184. The average molecular weight is 657 g/mol. The van der Waals surface area contributed by atoms with Gasteiger partial charge in [0.1, 0.15) is 11.5 Å². The number of benzene rings is 2. The molecule has 0 radical (unpaired) electrons. The number of aliphatic hydroxyl groups excluding tert-OH is 1. The van der Waals surface area contributed by atoms with Crippen LogP contribution in [-0.2, 0) is 6.54 Å². The fourth-order valence-corrected chi connectivity index (χ4v) is 6.27. The third-order valence-electron chi connectivity index (χ3n) is 9.50. The molecule has 3 fully saturated rings. The topological polar surface area (TPSA) is 119 Å². The van der Waals surface area contributed by atoms with Crippen LogP contribution in [-0.4, -0.2) is 87.2 Å². The van der Waals surface area contributed by atoms with Crippen molar-refractivity contribution in [1.29, 1.82) is 0 Å². The van der Waals surface area contributed by atoms with Crippen molar-refractivity contribution in [2.24, 2.45) is 0 Å². The first-order chi connectivity index (χ1) is 23.9. The van der Waals surface area contributed by atoms with E-state index in [1.807, 2.05) is 30.5 Å². The molecule has 2 aliphatic carbocycles. The van der Waals surface area contributed by atoms with Gasteiger partial charge in [-0.25, -0.2) is 9.97 Å². The van der Waals surface area contributed by atoms with E-state index in [0.29, 0.717) is 23.2 Å². The van der Waals surface area contributed by atoms with E-state index >= 15 is 0 Å². The molecule has 0 atom stereocenters. The molecule has 0 unspecified atom stereocenters. The molecule has 3 heterocycles. The van der Waals surface area contributed by atoms with E-state index in [4.69, 9.17) is 9.97 Å². The molecular weight excluding hydrogens is 612 g/mol. The molecule has 2 aromatic carbocycles. The molecule has 1 aliphatic heterocycles. The minimum atomic E-state index is -0.222. The van der Waals surface area contributed by atoms with E-state index in [-0.39, 0.29) is 18.1 Å². The summed E-state index contributed by atoms with van der Waals surface area (Å²) in [7, 11) is 2.18. The molecule has 0 bridgehead atoms. The lowest BCUT2D eigenvalue weighted by molar-refractivity contribution is 0.0951. The minimum Gasteiger partial charge on any atom is -0.393 e. The number of hydrogen-bond acceptors (Lipinski definition) is 9. The Morgan fingerprint density at radius 1 is 0.878 bits per heavy atom. The monoisotopic (exact) mass is 656 g/mol. The Kier molecular flexibility index (Phi) is 10.1. The van der Waals surface area contributed by atoms with Crippen LogP contribution in [0.4, 0.5) is 17.5 Å². The largest absolute Gasteiger partial charge is 0.393 e. The van der Waals surface area contributed by atoms with Crippen molar-refractivity contribution in [3.8, 4) is 23.0 Å². The van der Waals surface area contributed by atoms with E-state index in [1.165, 1.54) is 5.56 Å². The fraction of sp³-hybridized carbons (Fsp3) is 0.385. The van der Waals surface area contributed by atoms with Crippen LogP contribution in [0.5, 0.6) is 0 Å². The van der Waals surface area contributed by atoms with Crippen LogP contribution in [0.25, 0.3) is 11.1 Å². The predicted molar refractivity (Wildman–Crippen MR) is 193 cm³/mol. The highest BCUT2D eigenvalue weighted by Gasteiger charge is 2.24. The highest BCUT2D eigenvalue weighted by Crippen LogP contribution is 2.31. The number of carbonyl (C=O) groups excluding carboxylic acids is 1. The van der Waals surface area contributed by atoms with Crippen molar-refractivity contribution in [1.82, 2.24) is 30.1 Å². The van der Waals surface area contributed by atoms with Crippen LogP contribution in [0.2, 0.25) is 0 Å². The van der Waals surface area contributed by atoms with E-state index < -0.39 is 0 Å². The van der Waals surface area contributed by atoms with E-state index in [1.54, 1.807) is 18.3 Å². The predicted octanol–water partition coefficient (Wildman–Crippen LogP) is 5.04. The molecule has 1 amide bonds. The van der Waals surface area contributed by atoms with E-state index in [0.717, 1.165) is 99.4 Å². The van der Waals surface area contributed by atoms with Crippen molar-refractivity contribution in [2.75, 3.05) is 43.9 Å². The third kappa shape index (κ3) is 9.00. The van der Waals surface area contributed by atoms with Gasteiger partial charge in [0.05, 0.1) is 6.10 Å². The van der Waals surface area contributed by atoms with Crippen LogP contribution in [0.3, 0.4) is 0 Å².